The second kappa shape index (κ2) is 32.0. The average Bonchev–Trinajstić information content (AvgIpc) is 0.811. The molecule has 0 rings (SSSR count). The molecule has 0 heterocycles. The van der Waals surface area contributed by atoms with Gasteiger partial charge in [0, 0.05) is 21.4 Å². The quantitative estimate of drug-likeness (QED) is 0.628. The van der Waals surface area contributed by atoms with Crippen molar-refractivity contribution < 1.29 is 4.21 Å². The summed E-state index contributed by atoms with van der Waals surface area (Å²) in [5.41, 5.74) is 0. The van der Waals surface area contributed by atoms with Crippen molar-refractivity contribution in [2.75, 3.05) is 0 Å². The third-order valence-electron chi connectivity index (χ3n) is 0. The van der Waals surface area contributed by atoms with E-state index in [1.54, 1.807) is 0 Å². The zero-order chi connectivity index (χ0) is 3.58. The van der Waals surface area contributed by atoms with Crippen molar-refractivity contribution in [3.05, 3.63) is 0 Å². The molecule has 0 aromatic rings. The van der Waals surface area contributed by atoms with Crippen LogP contribution in [-0.2, 0) is 9.23 Å². The predicted octanol–water partition coefficient (Wildman–Crippen LogP) is 3.15. The molecular weight excluding hydrogens is 296 g/mol. The molecule has 9 heavy (non-hydrogen) atoms. The molecule has 0 N–H and O–H groups in total. The largest absolute Gasteiger partial charge is 0.225 e. The summed E-state index contributed by atoms with van der Waals surface area (Å²) in [5, 5.41) is 0. The lowest BCUT2D eigenvalue weighted by Gasteiger charge is -1.50. The van der Waals surface area contributed by atoms with Gasteiger partial charge < -0.3 is 0 Å². The van der Waals surface area contributed by atoms with Gasteiger partial charge in [0.2, 0.25) is 9.23 Å². The number of hydrogen-bond acceptors (Lipinski definition) is 1. The summed E-state index contributed by atoms with van der Waals surface area (Å²) in [7, 11) is 7.36. The highest BCUT2D eigenvalue weighted by molar-refractivity contribution is 8.26. The van der Waals surface area contributed by atoms with Crippen molar-refractivity contribution >= 4 is 92.6 Å². The third kappa shape index (κ3) is 143. The first-order chi connectivity index (χ1) is 1.73. The van der Waals surface area contributed by atoms with Crippen molar-refractivity contribution in [3.8, 4) is 0 Å². The van der Waals surface area contributed by atoms with Gasteiger partial charge in [0.15, 0.2) is 0 Å². The van der Waals surface area contributed by atoms with E-state index in [-0.39, 0.29) is 62.0 Å². The van der Waals surface area contributed by atoms with Crippen LogP contribution in [-0.4, -0.2) is 4.21 Å². The molecule has 9 heteroatoms. The van der Waals surface area contributed by atoms with Gasteiger partial charge in [0.1, 0.15) is 0 Å². The maximum absolute atomic E-state index is 9.09. The first-order valence-electron chi connectivity index (χ1n) is 0.475. The van der Waals surface area contributed by atoms with E-state index in [0.29, 0.717) is 0 Å². The lowest BCUT2D eigenvalue weighted by molar-refractivity contribution is 0.698. The Morgan fingerprint density at radius 1 is 0.778 bits per heavy atom. The lowest BCUT2D eigenvalue weighted by Crippen LogP contribution is -1.41. The van der Waals surface area contributed by atoms with Gasteiger partial charge in [-0.25, -0.2) is 4.21 Å². The van der Waals surface area contributed by atoms with E-state index in [1.165, 1.54) is 0 Å². The molecule has 0 bridgehead atoms. The van der Waals surface area contributed by atoms with Gasteiger partial charge in [0.05, 0.1) is 0 Å². The van der Waals surface area contributed by atoms with Gasteiger partial charge in [-0.3, -0.25) is 0 Å². The van der Waals surface area contributed by atoms with Crippen molar-refractivity contribution in [2.45, 2.75) is 0 Å². The summed E-state index contributed by atoms with van der Waals surface area (Å²) in [6.07, 6.45) is 0. The Morgan fingerprint density at radius 3 is 0.778 bits per heavy atom. The van der Waals surface area contributed by atoms with E-state index >= 15 is 0 Å². The van der Waals surface area contributed by atoms with Crippen LogP contribution in [0, 0.1) is 0 Å². The Bertz CT molecular complexity index is 31.9. The fourth-order valence-electron chi connectivity index (χ4n) is 0. The van der Waals surface area contributed by atoms with Crippen LogP contribution in [0.1, 0.15) is 0 Å². The van der Waals surface area contributed by atoms with E-state index < -0.39 is 9.23 Å². The van der Waals surface area contributed by atoms with Crippen LogP contribution in [0.4, 0.5) is 0 Å². The molecule has 0 aliphatic heterocycles. The molecule has 1 nitrogen and oxygen atoms in total. The molecule has 0 aliphatic carbocycles. The first kappa shape index (κ1) is 43.2. The molecule has 0 atom stereocenters. The fourth-order valence-corrected chi connectivity index (χ4v) is 0. The summed E-state index contributed by atoms with van der Waals surface area (Å²) < 4.78 is 9.09. The van der Waals surface area contributed by atoms with Gasteiger partial charge >= 0.3 is 0 Å². The molecule has 0 saturated heterocycles. The predicted molar refractivity (Wildman–Crippen MR) is 56.1 cm³/mol. The van der Waals surface area contributed by atoms with Crippen molar-refractivity contribution in [1.82, 2.24) is 0 Å². The zero-order valence-corrected chi connectivity index (χ0v) is 10.0. The van der Waals surface area contributed by atoms with Crippen LogP contribution in [0.15, 0.2) is 0 Å². The van der Waals surface area contributed by atoms with E-state index in [0.717, 1.165) is 0 Å². The highest BCUT2D eigenvalue weighted by atomic mass is 36.0. The Labute approximate surface area is 96.1 Å². The van der Waals surface area contributed by atoms with Gasteiger partial charge in [0.25, 0.3) is 0 Å². The Hall–Kier alpha value is 2.18. The lowest BCUT2D eigenvalue weighted by atomic mass is 16.0. The highest BCUT2D eigenvalue weighted by Crippen LogP contribution is 1.89. The molecule has 0 aliphatic rings. The van der Waals surface area contributed by atoms with E-state index in [2.05, 4.69) is 21.4 Å². The Balaban J connectivity index is -0.00000000450. The van der Waals surface area contributed by atoms with E-state index in [4.69, 9.17) is 4.21 Å². The minimum Gasteiger partial charge on any atom is -0.225 e. The second-order valence-corrected chi connectivity index (χ2v) is 2.71. The maximum atomic E-state index is 9.09. The maximum Gasteiger partial charge on any atom is 0.211 e. The van der Waals surface area contributed by atoms with Gasteiger partial charge in [-0.1, -0.05) is 0 Å². The van der Waals surface area contributed by atoms with Crippen molar-refractivity contribution in [1.29, 1.82) is 0 Å². The van der Waals surface area contributed by atoms with Crippen LogP contribution in [0.3, 0.4) is 0 Å². The molecule has 0 amide bonds. The van der Waals surface area contributed by atoms with Crippen LogP contribution in [0.5, 0.6) is 0 Å². The molecule has 0 aromatic heterocycles. The standard InChI is InChI=1S/Cl2OS.5ClH/c1-4(2)3;;;;;/h;5*1H. The summed E-state index contributed by atoms with van der Waals surface area (Å²) in [4.78, 5) is 0. The zero-order valence-electron chi connectivity index (χ0n) is 3.61. The monoisotopic (exact) mass is 298 g/mol. The smallest absolute Gasteiger partial charge is 0.211 e. The molecule has 0 aromatic carbocycles. The van der Waals surface area contributed by atoms with E-state index in [9.17, 15) is 0 Å². The minimum absolute atomic E-state index is 0. The Morgan fingerprint density at radius 2 is 0.778 bits per heavy atom. The number of halogens is 7. The summed E-state index contributed by atoms with van der Waals surface area (Å²) in [6.45, 7) is 0. The third-order valence-corrected chi connectivity index (χ3v) is 0. The van der Waals surface area contributed by atoms with Crippen LogP contribution >= 0.6 is 83.4 Å². The minimum atomic E-state index is -1.67. The summed E-state index contributed by atoms with van der Waals surface area (Å²) in [6, 6.07) is 0. The summed E-state index contributed by atoms with van der Waals surface area (Å²) >= 11 is 0. The number of hydrogen-bond donors (Lipinski definition) is 0. The molecule has 0 saturated carbocycles. The van der Waals surface area contributed by atoms with Crippen LogP contribution < -0.4 is 0 Å². The molecule has 0 unspecified atom stereocenters. The normalized spacial score (nSPS) is 3.89. The molecule has 0 radical (unpaired) electrons. The molecule has 0 spiro atoms. The number of rotatable bonds is 0. The second-order valence-electron chi connectivity index (χ2n) is 0.184. The molecular formula is H5Cl7OS. The van der Waals surface area contributed by atoms with Crippen molar-refractivity contribution in [2.24, 2.45) is 0 Å². The SMILES string of the molecule is Cl.Cl.Cl.Cl.Cl.O=S(Cl)Cl. The van der Waals surface area contributed by atoms with Gasteiger partial charge in [-0.05, 0) is 0 Å². The van der Waals surface area contributed by atoms with Gasteiger partial charge in [-0.15, -0.1) is 62.0 Å². The summed E-state index contributed by atoms with van der Waals surface area (Å²) in [5.74, 6) is 0. The highest BCUT2D eigenvalue weighted by Gasteiger charge is 1.67. The van der Waals surface area contributed by atoms with E-state index in [1.807, 2.05) is 0 Å². The molecule has 66 valence electrons. The van der Waals surface area contributed by atoms with Crippen molar-refractivity contribution in [3.63, 3.8) is 0 Å². The van der Waals surface area contributed by atoms with Gasteiger partial charge in [-0.2, -0.15) is 0 Å². The average molecular weight is 301 g/mol. The topological polar surface area (TPSA) is 17.1 Å². The molecule has 0 fully saturated rings. The Kier molecular flexibility index (Phi) is 153. The first-order valence-corrected chi connectivity index (χ1v) is 3.28. The van der Waals surface area contributed by atoms with Crippen LogP contribution in [0.25, 0.3) is 0 Å². The van der Waals surface area contributed by atoms with Crippen LogP contribution in [0.2, 0.25) is 0 Å². The fraction of sp³-hybridized carbons (Fsp3) is 0.